The van der Waals surface area contributed by atoms with Crippen LogP contribution >= 0.6 is 0 Å². The molecule has 0 radical (unpaired) electrons. The van der Waals surface area contributed by atoms with Crippen molar-refractivity contribution in [3.8, 4) is 0 Å². The topological polar surface area (TPSA) is 44.8 Å². The summed E-state index contributed by atoms with van der Waals surface area (Å²) in [4.78, 5) is 11.4. The highest BCUT2D eigenvalue weighted by Crippen LogP contribution is 2.51. The number of allylic oxidation sites excluding steroid dienone is 2. The van der Waals surface area contributed by atoms with Gasteiger partial charge in [-0.05, 0) is 80.2 Å². The van der Waals surface area contributed by atoms with Crippen LogP contribution in [0.15, 0.2) is 11.6 Å². The molecule has 6 heteroatoms. The molecule has 0 aliphatic heterocycles. The molecule has 0 N–H and O–H groups in total. The maximum atomic E-state index is 11.4. The van der Waals surface area contributed by atoms with Crippen LogP contribution in [0, 0.1) is 17.8 Å². The quantitative estimate of drug-likeness (QED) is 0.134. The normalized spacial score (nSPS) is 26.3. The van der Waals surface area contributed by atoms with Crippen LogP contribution in [0.25, 0.3) is 0 Å². The maximum Gasteiger partial charge on any atom is 0.305 e. The molecule has 0 heterocycles. The number of rotatable bonds is 10. The first-order valence-electron chi connectivity index (χ1n) is 13.1. The van der Waals surface area contributed by atoms with Crippen LogP contribution in [0.1, 0.15) is 80.1 Å². The highest BCUT2D eigenvalue weighted by Gasteiger charge is 2.50. The van der Waals surface area contributed by atoms with Gasteiger partial charge in [-0.2, -0.15) is 0 Å². The van der Waals surface area contributed by atoms with Crippen molar-refractivity contribution in [3.63, 3.8) is 0 Å². The Balaban J connectivity index is 2.09. The van der Waals surface area contributed by atoms with E-state index in [0.717, 1.165) is 32.3 Å². The second-order valence-corrected chi connectivity index (χ2v) is 23.1. The van der Waals surface area contributed by atoms with E-state index in [9.17, 15) is 4.79 Å². The van der Waals surface area contributed by atoms with Crippen LogP contribution in [0.4, 0.5) is 0 Å². The summed E-state index contributed by atoms with van der Waals surface area (Å²) in [5, 5.41) is 0.440. The largest absolute Gasteiger partial charge is 0.469 e. The Labute approximate surface area is 206 Å². The number of hydrogen-bond acceptors (Lipinski definition) is 4. The fraction of sp³-hybridized carbons (Fsp3) is 0.889. The van der Waals surface area contributed by atoms with E-state index < -0.39 is 16.6 Å². The van der Waals surface area contributed by atoms with E-state index in [4.69, 9.17) is 13.6 Å². The van der Waals surface area contributed by atoms with Crippen molar-refractivity contribution >= 4 is 22.6 Å². The summed E-state index contributed by atoms with van der Waals surface area (Å²) in [5.74, 6) is 1.63. The van der Waals surface area contributed by atoms with E-state index in [2.05, 4.69) is 73.8 Å². The van der Waals surface area contributed by atoms with Gasteiger partial charge in [0, 0.05) is 18.9 Å². The minimum atomic E-state index is -1.84. The van der Waals surface area contributed by atoms with E-state index in [1.165, 1.54) is 13.5 Å². The van der Waals surface area contributed by atoms with Gasteiger partial charge in [0.1, 0.15) is 0 Å². The zero-order chi connectivity index (χ0) is 25.2. The molecule has 1 saturated carbocycles. The molecule has 0 aromatic rings. The summed E-state index contributed by atoms with van der Waals surface area (Å²) < 4.78 is 18.6. The molecule has 0 amide bonds. The van der Waals surface area contributed by atoms with Gasteiger partial charge in [0.05, 0.1) is 13.2 Å². The minimum Gasteiger partial charge on any atom is -0.469 e. The molecule has 192 valence electrons. The fourth-order valence-corrected chi connectivity index (χ4v) is 7.15. The molecule has 4 unspecified atom stereocenters. The number of ether oxygens (including phenoxy) is 1. The van der Waals surface area contributed by atoms with Gasteiger partial charge in [-0.3, -0.25) is 4.79 Å². The van der Waals surface area contributed by atoms with Crippen LogP contribution in [-0.2, 0) is 18.4 Å². The Morgan fingerprint density at radius 2 is 1.61 bits per heavy atom. The average molecular weight is 497 g/mol. The number of fused-ring (bicyclic) bond motifs is 1. The fourth-order valence-electron chi connectivity index (χ4n) is 4.73. The lowest BCUT2D eigenvalue weighted by molar-refractivity contribution is -0.140. The molecular weight excluding hydrogens is 444 g/mol. The van der Waals surface area contributed by atoms with Gasteiger partial charge in [0.25, 0.3) is 0 Å². The average Bonchev–Trinajstić information content (AvgIpc) is 3.18. The lowest BCUT2D eigenvalue weighted by Gasteiger charge is -2.42. The van der Waals surface area contributed by atoms with Crippen molar-refractivity contribution in [2.45, 2.75) is 122 Å². The summed E-state index contributed by atoms with van der Waals surface area (Å²) in [6.07, 6.45) is 8.78. The second-order valence-electron chi connectivity index (χ2n) is 13.5. The van der Waals surface area contributed by atoms with Gasteiger partial charge in [0.15, 0.2) is 16.6 Å². The third-order valence-electron chi connectivity index (χ3n) is 9.08. The van der Waals surface area contributed by atoms with Crippen molar-refractivity contribution in [1.29, 1.82) is 0 Å². The Bertz CT molecular complexity index is 700. The Hall–Kier alpha value is -0.436. The first-order chi connectivity index (χ1) is 15.0. The molecule has 4 nitrogen and oxygen atoms in total. The summed E-state index contributed by atoms with van der Waals surface area (Å²) in [6.45, 7) is 24.3. The van der Waals surface area contributed by atoms with Crippen LogP contribution in [0.3, 0.4) is 0 Å². The van der Waals surface area contributed by atoms with Crippen molar-refractivity contribution in [2.75, 3.05) is 13.7 Å². The molecule has 2 aliphatic rings. The van der Waals surface area contributed by atoms with Crippen LogP contribution < -0.4 is 0 Å². The lowest BCUT2D eigenvalue weighted by atomic mass is 9.90. The minimum absolute atomic E-state index is 0.0965. The summed E-state index contributed by atoms with van der Waals surface area (Å²) >= 11 is 0. The van der Waals surface area contributed by atoms with Gasteiger partial charge in [0.2, 0.25) is 0 Å². The number of hydrogen-bond donors (Lipinski definition) is 0. The van der Waals surface area contributed by atoms with Crippen molar-refractivity contribution in [3.05, 3.63) is 11.6 Å². The molecule has 0 aromatic heterocycles. The third-order valence-corrected chi connectivity index (χ3v) is 18.1. The molecule has 2 aliphatic carbocycles. The predicted molar refractivity (Wildman–Crippen MR) is 143 cm³/mol. The van der Waals surface area contributed by atoms with Gasteiger partial charge >= 0.3 is 5.97 Å². The summed E-state index contributed by atoms with van der Waals surface area (Å²) in [7, 11) is -2.17. The van der Waals surface area contributed by atoms with Crippen LogP contribution in [-0.4, -0.2) is 42.4 Å². The van der Waals surface area contributed by atoms with E-state index in [1.54, 1.807) is 5.57 Å². The van der Waals surface area contributed by atoms with Gasteiger partial charge in [-0.25, -0.2) is 0 Å². The van der Waals surface area contributed by atoms with Gasteiger partial charge in [-0.15, -0.1) is 0 Å². The number of esters is 1. The van der Waals surface area contributed by atoms with E-state index in [0.29, 0.717) is 30.3 Å². The standard InChI is InChI=1S/C27H52O4Si2/c1-26(2,3)32(8,9)30-19-23-22-17-20(14-12-13-15-25(28)29-7)16-21(22)18-24(23)31-33(10,11)27(4,5)6/h16,21-24H,12-15,17-19H2,1-11H3. The highest BCUT2D eigenvalue weighted by atomic mass is 28.4. The predicted octanol–water partition coefficient (Wildman–Crippen LogP) is 7.71. The molecule has 0 saturated heterocycles. The third kappa shape index (κ3) is 7.28. The molecule has 4 atom stereocenters. The molecule has 2 rings (SSSR count). The number of unbranched alkanes of at least 4 members (excludes halogenated alkanes) is 1. The molecule has 0 spiro atoms. The van der Waals surface area contributed by atoms with Crippen LogP contribution in [0.5, 0.6) is 0 Å². The van der Waals surface area contributed by atoms with Crippen molar-refractivity contribution in [2.24, 2.45) is 17.8 Å². The Morgan fingerprint density at radius 3 is 2.15 bits per heavy atom. The summed E-state index contributed by atoms with van der Waals surface area (Å²) in [6, 6.07) is 0. The molecular formula is C27H52O4Si2. The van der Waals surface area contributed by atoms with Gasteiger partial charge in [-0.1, -0.05) is 53.2 Å². The number of methoxy groups -OCH3 is 1. The second kappa shape index (κ2) is 10.7. The summed E-state index contributed by atoms with van der Waals surface area (Å²) in [5.41, 5.74) is 1.58. The maximum absolute atomic E-state index is 11.4. The smallest absolute Gasteiger partial charge is 0.305 e. The van der Waals surface area contributed by atoms with Crippen molar-refractivity contribution < 1.29 is 18.4 Å². The zero-order valence-corrected chi connectivity index (χ0v) is 25.5. The van der Waals surface area contributed by atoms with E-state index >= 15 is 0 Å². The molecule has 1 fully saturated rings. The van der Waals surface area contributed by atoms with E-state index in [-0.39, 0.29) is 16.0 Å². The van der Waals surface area contributed by atoms with Crippen molar-refractivity contribution in [1.82, 2.24) is 0 Å². The Kier molecular flexibility index (Phi) is 9.31. The first kappa shape index (κ1) is 28.8. The SMILES string of the molecule is COC(=O)CCCCC1=CC2CC(O[Si](C)(C)C(C)(C)C)C(CO[Si](C)(C)C(C)(C)C)C2C1. The lowest BCUT2D eigenvalue weighted by Crippen LogP contribution is -2.47. The molecule has 0 bridgehead atoms. The zero-order valence-electron chi connectivity index (χ0n) is 23.5. The molecule has 0 aromatic carbocycles. The van der Waals surface area contributed by atoms with Crippen LogP contribution in [0.2, 0.25) is 36.3 Å². The number of carbonyl (C=O) groups excluding carboxylic acids is 1. The number of carbonyl (C=O) groups is 1. The highest BCUT2D eigenvalue weighted by molar-refractivity contribution is 6.74. The monoisotopic (exact) mass is 496 g/mol. The Morgan fingerprint density at radius 1 is 1.00 bits per heavy atom. The first-order valence-corrected chi connectivity index (χ1v) is 18.9. The van der Waals surface area contributed by atoms with Gasteiger partial charge < -0.3 is 13.6 Å². The van der Waals surface area contributed by atoms with E-state index in [1.807, 2.05) is 0 Å². The molecule has 33 heavy (non-hydrogen) atoms.